The Bertz CT molecular complexity index is 855. The molecule has 3 aromatic rings. The van der Waals surface area contributed by atoms with Crippen molar-refractivity contribution in [3.8, 4) is 11.4 Å². The molecule has 0 bridgehead atoms. The van der Waals surface area contributed by atoms with Crippen LogP contribution in [0.1, 0.15) is 11.3 Å². The third kappa shape index (κ3) is 4.38. The molecule has 10 heteroatoms. The van der Waals surface area contributed by atoms with Crippen LogP contribution in [0.3, 0.4) is 0 Å². The summed E-state index contributed by atoms with van der Waals surface area (Å²) in [7, 11) is 0. The Morgan fingerprint density at radius 3 is 2.76 bits per heavy atom. The number of nitrogens with zero attached hydrogens (tertiary/aromatic N) is 5. The number of aryl methyl sites for hydroxylation is 1. The Hall–Kier alpha value is -2.81. The van der Waals surface area contributed by atoms with Crippen LogP contribution < -0.4 is 10.1 Å². The van der Waals surface area contributed by atoms with E-state index < -0.39 is 6.61 Å². The number of nitrogens with one attached hydrogen (secondary N) is 1. The molecule has 0 aliphatic carbocycles. The molecule has 0 fully saturated rings. The van der Waals surface area contributed by atoms with Crippen molar-refractivity contribution in [2.45, 2.75) is 20.1 Å². The predicted molar refractivity (Wildman–Crippen MR) is 87.1 cm³/mol. The first-order valence-electron chi connectivity index (χ1n) is 7.20. The lowest BCUT2D eigenvalue weighted by atomic mass is 10.3. The molecule has 0 aliphatic heterocycles. The molecule has 0 aliphatic rings. The van der Waals surface area contributed by atoms with Gasteiger partial charge in [-0.05, 0) is 24.6 Å². The van der Waals surface area contributed by atoms with Crippen molar-refractivity contribution >= 4 is 17.5 Å². The fourth-order valence-corrected chi connectivity index (χ4v) is 2.14. The van der Waals surface area contributed by atoms with Gasteiger partial charge in [-0.25, -0.2) is 14.6 Å². The summed E-state index contributed by atoms with van der Waals surface area (Å²) in [6, 6.07) is 4.44. The van der Waals surface area contributed by atoms with Crippen LogP contribution in [-0.4, -0.2) is 31.6 Å². The molecule has 3 rings (SSSR count). The molecule has 0 saturated carbocycles. The second-order valence-electron chi connectivity index (χ2n) is 5.09. The van der Waals surface area contributed by atoms with E-state index in [0.717, 1.165) is 5.56 Å². The van der Waals surface area contributed by atoms with Crippen LogP contribution in [0, 0.1) is 6.92 Å². The van der Waals surface area contributed by atoms with E-state index in [9.17, 15) is 8.78 Å². The Morgan fingerprint density at radius 2 is 2.04 bits per heavy atom. The molecule has 2 aromatic heterocycles. The van der Waals surface area contributed by atoms with E-state index in [0.29, 0.717) is 23.9 Å². The lowest BCUT2D eigenvalue weighted by molar-refractivity contribution is -0.0497. The van der Waals surface area contributed by atoms with Gasteiger partial charge in [0.05, 0.1) is 23.5 Å². The number of anilines is 1. The maximum absolute atomic E-state index is 12.4. The third-order valence-electron chi connectivity index (χ3n) is 3.14. The van der Waals surface area contributed by atoms with Gasteiger partial charge in [0.2, 0.25) is 5.95 Å². The fourth-order valence-electron chi connectivity index (χ4n) is 1.98. The van der Waals surface area contributed by atoms with Gasteiger partial charge in [0.15, 0.2) is 0 Å². The summed E-state index contributed by atoms with van der Waals surface area (Å²) in [5.41, 5.74) is 2.07. The van der Waals surface area contributed by atoms with E-state index in [4.69, 9.17) is 11.6 Å². The summed E-state index contributed by atoms with van der Waals surface area (Å²) >= 11 is 5.83. The third-order valence-corrected chi connectivity index (χ3v) is 3.46. The van der Waals surface area contributed by atoms with Crippen molar-refractivity contribution in [3.63, 3.8) is 0 Å². The number of rotatable bonds is 6. The van der Waals surface area contributed by atoms with Crippen LogP contribution in [0.5, 0.6) is 5.75 Å². The minimum absolute atomic E-state index is 0.0857. The van der Waals surface area contributed by atoms with E-state index in [1.165, 1.54) is 16.8 Å². The second kappa shape index (κ2) is 7.39. The van der Waals surface area contributed by atoms with Gasteiger partial charge in [0.1, 0.15) is 11.4 Å². The zero-order valence-corrected chi connectivity index (χ0v) is 13.8. The highest BCUT2D eigenvalue weighted by Gasteiger charge is 2.11. The van der Waals surface area contributed by atoms with Gasteiger partial charge in [-0.3, -0.25) is 0 Å². The van der Waals surface area contributed by atoms with Crippen molar-refractivity contribution in [2.24, 2.45) is 0 Å². The summed E-state index contributed by atoms with van der Waals surface area (Å²) < 4.78 is 30.6. The highest BCUT2D eigenvalue weighted by atomic mass is 35.5. The summed E-state index contributed by atoms with van der Waals surface area (Å²) in [5, 5.41) is 11.1. The standard InChI is InChI=1S/C15H13ClF2N6O/c1-9-5-19-15(20-6-9)21-7-10-8-24(23-22-10)11-2-3-12(16)13(4-11)25-14(17)18/h2-6,8,14H,7H2,1H3,(H,19,20,21). The monoisotopic (exact) mass is 366 g/mol. The van der Waals surface area contributed by atoms with Gasteiger partial charge in [0.25, 0.3) is 0 Å². The normalized spacial score (nSPS) is 10.9. The number of ether oxygens (including phenoxy) is 1. The number of hydrogen-bond donors (Lipinski definition) is 1. The molecular formula is C15H13ClF2N6O. The Kier molecular flexibility index (Phi) is 5.03. The van der Waals surface area contributed by atoms with Crippen molar-refractivity contribution in [1.29, 1.82) is 0 Å². The Balaban J connectivity index is 1.71. The molecule has 0 saturated heterocycles. The first-order valence-corrected chi connectivity index (χ1v) is 7.57. The molecule has 1 aromatic carbocycles. The highest BCUT2D eigenvalue weighted by Crippen LogP contribution is 2.28. The van der Waals surface area contributed by atoms with Crippen LogP contribution in [0.25, 0.3) is 5.69 Å². The molecular weight excluding hydrogens is 354 g/mol. The quantitative estimate of drug-likeness (QED) is 0.721. The SMILES string of the molecule is Cc1cnc(NCc2cn(-c3ccc(Cl)c(OC(F)F)c3)nn2)nc1. The van der Waals surface area contributed by atoms with Crippen molar-refractivity contribution in [3.05, 3.63) is 53.1 Å². The van der Waals surface area contributed by atoms with Gasteiger partial charge >= 0.3 is 6.61 Å². The van der Waals surface area contributed by atoms with Gasteiger partial charge < -0.3 is 10.1 Å². The number of alkyl halides is 2. The molecule has 0 amide bonds. The Morgan fingerprint density at radius 1 is 1.28 bits per heavy atom. The van der Waals surface area contributed by atoms with E-state index in [2.05, 4.69) is 30.3 Å². The average Bonchev–Trinajstić information content (AvgIpc) is 3.05. The van der Waals surface area contributed by atoms with E-state index in [1.807, 2.05) is 6.92 Å². The largest absolute Gasteiger partial charge is 0.433 e. The van der Waals surface area contributed by atoms with Crippen LogP contribution in [-0.2, 0) is 6.54 Å². The first kappa shape index (κ1) is 17.0. The van der Waals surface area contributed by atoms with E-state index in [1.54, 1.807) is 24.7 Å². The summed E-state index contributed by atoms with van der Waals surface area (Å²) in [6.45, 7) is -0.706. The predicted octanol–water partition coefficient (Wildman–Crippen LogP) is 3.23. The highest BCUT2D eigenvalue weighted by molar-refractivity contribution is 6.32. The summed E-state index contributed by atoms with van der Waals surface area (Å²) in [5.74, 6) is 0.344. The summed E-state index contributed by atoms with van der Waals surface area (Å²) in [4.78, 5) is 8.26. The maximum Gasteiger partial charge on any atom is 0.387 e. The zero-order valence-electron chi connectivity index (χ0n) is 13.0. The summed E-state index contributed by atoms with van der Waals surface area (Å²) in [6.07, 6.45) is 5.05. The molecule has 0 spiro atoms. The number of hydrogen-bond acceptors (Lipinski definition) is 6. The van der Waals surface area contributed by atoms with Gasteiger partial charge in [-0.2, -0.15) is 8.78 Å². The van der Waals surface area contributed by atoms with Crippen molar-refractivity contribution in [2.75, 3.05) is 5.32 Å². The van der Waals surface area contributed by atoms with Crippen molar-refractivity contribution < 1.29 is 13.5 Å². The van der Waals surface area contributed by atoms with E-state index in [-0.39, 0.29) is 10.8 Å². The lowest BCUT2D eigenvalue weighted by Gasteiger charge is -2.08. The molecule has 0 radical (unpaired) electrons. The topological polar surface area (TPSA) is 77.8 Å². The smallest absolute Gasteiger partial charge is 0.387 e. The van der Waals surface area contributed by atoms with E-state index >= 15 is 0 Å². The minimum atomic E-state index is -2.96. The number of halogens is 3. The zero-order chi connectivity index (χ0) is 17.8. The molecule has 1 N–H and O–H groups in total. The van der Waals surface area contributed by atoms with Gasteiger partial charge in [-0.15, -0.1) is 5.10 Å². The minimum Gasteiger partial charge on any atom is -0.433 e. The molecule has 130 valence electrons. The van der Waals surface area contributed by atoms with Crippen LogP contribution >= 0.6 is 11.6 Å². The molecule has 0 atom stereocenters. The molecule has 25 heavy (non-hydrogen) atoms. The molecule has 2 heterocycles. The van der Waals surface area contributed by atoms with Crippen LogP contribution in [0.2, 0.25) is 5.02 Å². The fraction of sp³-hybridized carbons (Fsp3) is 0.200. The van der Waals surface area contributed by atoms with Crippen molar-refractivity contribution in [1.82, 2.24) is 25.0 Å². The first-order chi connectivity index (χ1) is 12.0. The molecule has 7 nitrogen and oxygen atoms in total. The van der Waals surface area contributed by atoms with Crippen LogP contribution in [0.15, 0.2) is 36.8 Å². The average molecular weight is 367 g/mol. The second-order valence-corrected chi connectivity index (χ2v) is 5.49. The lowest BCUT2D eigenvalue weighted by Crippen LogP contribution is -2.04. The Labute approximate surface area is 146 Å². The van der Waals surface area contributed by atoms with Gasteiger partial charge in [-0.1, -0.05) is 16.8 Å². The maximum atomic E-state index is 12.4. The molecule has 0 unspecified atom stereocenters. The van der Waals surface area contributed by atoms with Gasteiger partial charge in [0, 0.05) is 18.5 Å². The number of benzene rings is 1. The number of aromatic nitrogens is 5. The van der Waals surface area contributed by atoms with Crippen LogP contribution in [0.4, 0.5) is 14.7 Å².